The summed E-state index contributed by atoms with van der Waals surface area (Å²) >= 11 is 0. The summed E-state index contributed by atoms with van der Waals surface area (Å²) in [5, 5.41) is 0. The van der Waals surface area contributed by atoms with Gasteiger partial charge in [0.2, 0.25) is 0 Å². The van der Waals surface area contributed by atoms with E-state index in [1.165, 1.54) is 12.3 Å². The third-order valence-corrected chi connectivity index (χ3v) is 1.25. The van der Waals surface area contributed by atoms with Gasteiger partial charge in [-0.1, -0.05) is 6.07 Å². The second kappa shape index (κ2) is 5.47. The fraction of sp³-hybridized carbons (Fsp3) is 0. The van der Waals surface area contributed by atoms with Crippen molar-refractivity contribution in [2.24, 2.45) is 0 Å². The Morgan fingerprint density at radius 3 is 2.07 bits per heavy atom. The van der Waals surface area contributed by atoms with Crippen molar-refractivity contribution in [2.75, 3.05) is 0 Å². The van der Waals surface area contributed by atoms with E-state index < -0.39 is 5.69 Å². The van der Waals surface area contributed by atoms with E-state index >= 15 is 0 Å². The fourth-order valence-corrected chi connectivity index (χ4v) is 0.695. The minimum absolute atomic E-state index is 0.381. The second-order valence-electron chi connectivity index (χ2n) is 2.32. The molecule has 0 spiro atoms. The molecule has 0 aliphatic rings. The summed E-state index contributed by atoms with van der Waals surface area (Å²) in [4.78, 5) is 28.4. The molecule has 0 saturated carbocycles. The van der Waals surface area contributed by atoms with E-state index in [1.54, 1.807) is 12.4 Å². The highest BCUT2D eigenvalue weighted by Gasteiger charge is 1.77. The zero-order valence-electron chi connectivity index (χ0n) is 7.31. The van der Waals surface area contributed by atoms with Gasteiger partial charge in [0, 0.05) is 24.7 Å². The lowest BCUT2D eigenvalue weighted by molar-refractivity contribution is 1.04. The molecule has 14 heavy (non-hydrogen) atoms. The number of nitrogens with one attached hydrogen (secondary N) is 2. The molecule has 2 aromatic heterocycles. The molecule has 0 atom stereocenters. The van der Waals surface area contributed by atoms with Crippen LogP contribution in [-0.2, 0) is 0 Å². The number of hydrogen-bond donors (Lipinski definition) is 2. The van der Waals surface area contributed by atoms with Crippen LogP contribution < -0.4 is 11.2 Å². The number of hydrogen-bond acceptors (Lipinski definition) is 3. The van der Waals surface area contributed by atoms with Gasteiger partial charge in [0.1, 0.15) is 0 Å². The number of aromatic amines is 2. The molecule has 5 heteroatoms. The Hall–Kier alpha value is -2.17. The van der Waals surface area contributed by atoms with Crippen LogP contribution in [0.1, 0.15) is 0 Å². The van der Waals surface area contributed by atoms with E-state index in [9.17, 15) is 9.59 Å². The van der Waals surface area contributed by atoms with E-state index in [4.69, 9.17) is 0 Å². The maximum Gasteiger partial charge on any atom is 0.325 e. The minimum atomic E-state index is -0.475. The average Bonchev–Trinajstić information content (AvgIpc) is 2.21. The molecule has 0 aliphatic carbocycles. The molecule has 0 radical (unpaired) electrons. The normalized spacial score (nSPS) is 8.57. The molecule has 0 unspecified atom stereocenters. The number of aromatic nitrogens is 3. The number of H-pyrrole nitrogens is 2. The molecule has 0 fully saturated rings. The van der Waals surface area contributed by atoms with Crippen LogP contribution in [0.4, 0.5) is 0 Å². The Bertz CT molecular complexity index is 409. The predicted octanol–water partition coefficient (Wildman–Crippen LogP) is 0.145. The van der Waals surface area contributed by atoms with Crippen molar-refractivity contribution in [1.29, 1.82) is 0 Å². The van der Waals surface area contributed by atoms with Gasteiger partial charge in [0.15, 0.2) is 0 Å². The summed E-state index contributed by atoms with van der Waals surface area (Å²) in [6, 6.07) is 6.95. The van der Waals surface area contributed by atoms with Gasteiger partial charge >= 0.3 is 5.69 Å². The second-order valence-corrected chi connectivity index (χ2v) is 2.32. The third kappa shape index (κ3) is 4.01. The van der Waals surface area contributed by atoms with Crippen LogP contribution in [-0.4, -0.2) is 15.0 Å². The van der Waals surface area contributed by atoms with Crippen LogP contribution in [0.3, 0.4) is 0 Å². The molecule has 5 nitrogen and oxygen atoms in total. The van der Waals surface area contributed by atoms with Gasteiger partial charge < -0.3 is 4.98 Å². The Kier molecular flexibility index (Phi) is 3.87. The van der Waals surface area contributed by atoms with Gasteiger partial charge in [-0.25, -0.2) is 4.79 Å². The monoisotopic (exact) mass is 191 g/mol. The Morgan fingerprint density at radius 2 is 1.79 bits per heavy atom. The number of rotatable bonds is 0. The fourth-order valence-electron chi connectivity index (χ4n) is 0.695. The summed E-state index contributed by atoms with van der Waals surface area (Å²) < 4.78 is 0. The van der Waals surface area contributed by atoms with Gasteiger partial charge in [-0.2, -0.15) is 0 Å². The SMILES string of the molecule is O=c1cc[nH]c(=O)[nH]1.c1ccncc1. The summed E-state index contributed by atoms with van der Waals surface area (Å²) in [6.45, 7) is 0. The topological polar surface area (TPSA) is 78.6 Å². The average molecular weight is 191 g/mol. The van der Waals surface area contributed by atoms with Crippen LogP contribution in [0.5, 0.6) is 0 Å². The largest absolute Gasteiger partial charge is 0.325 e. The van der Waals surface area contributed by atoms with Gasteiger partial charge in [-0.05, 0) is 12.1 Å². The first-order valence-electron chi connectivity index (χ1n) is 3.92. The van der Waals surface area contributed by atoms with E-state index in [1.807, 2.05) is 23.2 Å². The van der Waals surface area contributed by atoms with Crippen LogP contribution >= 0.6 is 0 Å². The van der Waals surface area contributed by atoms with E-state index in [0.29, 0.717) is 0 Å². The molecule has 0 amide bonds. The zero-order chi connectivity index (χ0) is 10.2. The minimum Gasteiger partial charge on any atom is -0.314 e. The first-order valence-corrected chi connectivity index (χ1v) is 3.92. The molecule has 72 valence electrons. The van der Waals surface area contributed by atoms with E-state index in [2.05, 4.69) is 9.97 Å². The van der Waals surface area contributed by atoms with Crippen molar-refractivity contribution in [3.63, 3.8) is 0 Å². The van der Waals surface area contributed by atoms with Crippen molar-refractivity contribution in [3.8, 4) is 0 Å². The highest BCUT2D eigenvalue weighted by molar-refractivity contribution is 4.88. The van der Waals surface area contributed by atoms with Crippen LogP contribution in [0.25, 0.3) is 0 Å². The Morgan fingerprint density at radius 1 is 1.07 bits per heavy atom. The maximum atomic E-state index is 10.2. The van der Waals surface area contributed by atoms with Crippen molar-refractivity contribution < 1.29 is 0 Å². The van der Waals surface area contributed by atoms with Gasteiger partial charge in [-0.15, -0.1) is 0 Å². The molecular weight excluding hydrogens is 182 g/mol. The highest BCUT2D eigenvalue weighted by Crippen LogP contribution is 1.73. The first kappa shape index (κ1) is 9.91. The van der Waals surface area contributed by atoms with E-state index in [0.717, 1.165) is 0 Å². The van der Waals surface area contributed by atoms with Crippen LogP contribution in [0.15, 0.2) is 52.4 Å². The molecular formula is C9H9N3O2. The lowest BCUT2D eigenvalue weighted by Gasteiger charge is -1.75. The van der Waals surface area contributed by atoms with Crippen LogP contribution in [0, 0.1) is 0 Å². The molecule has 0 saturated heterocycles. The molecule has 2 N–H and O–H groups in total. The predicted molar refractivity (Wildman–Crippen MR) is 51.9 cm³/mol. The molecule has 0 bridgehead atoms. The molecule has 0 aromatic carbocycles. The van der Waals surface area contributed by atoms with Crippen molar-refractivity contribution >= 4 is 0 Å². The van der Waals surface area contributed by atoms with Gasteiger partial charge in [-0.3, -0.25) is 14.8 Å². The third-order valence-electron chi connectivity index (χ3n) is 1.25. The quantitative estimate of drug-likeness (QED) is 0.621. The smallest absolute Gasteiger partial charge is 0.314 e. The summed E-state index contributed by atoms with van der Waals surface area (Å²) in [6.07, 6.45) is 4.79. The molecule has 2 aromatic rings. The lowest BCUT2D eigenvalue weighted by atomic mass is 10.5. The first-order chi connectivity index (χ1) is 6.79. The number of nitrogens with zero attached hydrogens (tertiary/aromatic N) is 1. The number of pyridine rings is 1. The Labute approximate surface area is 79.5 Å². The van der Waals surface area contributed by atoms with Crippen molar-refractivity contribution in [2.45, 2.75) is 0 Å². The molecule has 2 heterocycles. The molecule has 2 rings (SSSR count). The lowest BCUT2D eigenvalue weighted by Crippen LogP contribution is -2.19. The Balaban J connectivity index is 0.000000146. The summed E-state index contributed by atoms with van der Waals surface area (Å²) in [5.41, 5.74) is -0.855. The standard InChI is InChI=1S/C5H5N.C4H4N2O2/c1-2-4-6-5-3-1;7-3-1-2-5-4(8)6-3/h1-5H;1-2H,(H2,5,6,7,8). The van der Waals surface area contributed by atoms with Crippen molar-refractivity contribution in [3.05, 3.63) is 63.7 Å². The molecule has 0 aliphatic heterocycles. The van der Waals surface area contributed by atoms with Gasteiger partial charge in [0.25, 0.3) is 5.56 Å². The van der Waals surface area contributed by atoms with Crippen molar-refractivity contribution in [1.82, 2.24) is 15.0 Å². The zero-order valence-corrected chi connectivity index (χ0v) is 7.31. The maximum absolute atomic E-state index is 10.2. The van der Waals surface area contributed by atoms with Gasteiger partial charge in [0.05, 0.1) is 0 Å². The highest BCUT2D eigenvalue weighted by atomic mass is 16.2. The summed E-state index contributed by atoms with van der Waals surface area (Å²) in [5.74, 6) is 0. The van der Waals surface area contributed by atoms with Crippen LogP contribution in [0.2, 0.25) is 0 Å². The summed E-state index contributed by atoms with van der Waals surface area (Å²) in [7, 11) is 0. The van der Waals surface area contributed by atoms with E-state index in [-0.39, 0.29) is 5.56 Å².